The molecule has 0 aliphatic heterocycles. The Morgan fingerprint density at radius 2 is 2.50 bits per heavy atom. The van der Waals surface area contributed by atoms with Gasteiger partial charge in [0.05, 0.1) is 18.5 Å². The summed E-state index contributed by atoms with van der Waals surface area (Å²) in [6.07, 6.45) is 1.82. The predicted octanol–water partition coefficient (Wildman–Crippen LogP) is 2.12. The highest BCUT2D eigenvalue weighted by molar-refractivity contribution is 7.09. The highest BCUT2D eigenvalue weighted by atomic mass is 32.1. The van der Waals surface area contributed by atoms with Gasteiger partial charge in [-0.2, -0.15) is 5.26 Å². The molecule has 0 radical (unpaired) electrons. The molecular weight excluding hydrogens is 194 g/mol. The smallest absolute Gasteiger partial charge is 0.107 e. The summed E-state index contributed by atoms with van der Waals surface area (Å²) in [5.41, 5.74) is 0. The summed E-state index contributed by atoms with van der Waals surface area (Å²) in [5, 5.41) is 11.8. The SMILES string of the molecule is CCN(Cc1nccs1)CC(C)C#N. The summed E-state index contributed by atoms with van der Waals surface area (Å²) < 4.78 is 0. The van der Waals surface area contributed by atoms with Gasteiger partial charge in [-0.05, 0) is 13.5 Å². The van der Waals surface area contributed by atoms with Crippen molar-refractivity contribution < 1.29 is 0 Å². The van der Waals surface area contributed by atoms with Crippen LogP contribution in [0.3, 0.4) is 0 Å². The van der Waals surface area contributed by atoms with Gasteiger partial charge in [0.15, 0.2) is 0 Å². The topological polar surface area (TPSA) is 39.9 Å². The number of nitriles is 1. The zero-order chi connectivity index (χ0) is 10.4. The van der Waals surface area contributed by atoms with E-state index < -0.39 is 0 Å². The van der Waals surface area contributed by atoms with Gasteiger partial charge in [-0.3, -0.25) is 4.90 Å². The highest BCUT2D eigenvalue weighted by Gasteiger charge is 2.09. The van der Waals surface area contributed by atoms with Gasteiger partial charge >= 0.3 is 0 Å². The first-order chi connectivity index (χ1) is 6.76. The summed E-state index contributed by atoms with van der Waals surface area (Å²) in [4.78, 5) is 6.47. The fraction of sp³-hybridized carbons (Fsp3) is 0.600. The molecule has 1 unspecified atom stereocenters. The van der Waals surface area contributed by atoms with Gasteiger partial charge in [-0.25, -0.2) is 4.98 Å². The molecule has 0 saturated heterocycles. The maximum absolute atomic E-state index is 8.72. The van der Waals surface area contributed by atoms with Crippen LogP contribution in [0.15, 0.2) is 11.6 Å². The van der Waals surface area contributed by atoms with Crippen molar-refractivity contribution in [3.05, 3.63) is 16.6 Å². The zero-order valence-corrected chi connectivity index (χ0v) is 9.42. The average Bonchev–Trinajstić information content (AvgIpc) is 2.69. The molecule has 1 heterocycles. The van der Waals surface area contributed by atoms with Gasteiger partial charge in [0.25, 0.3) is 0 Å². The molecule has 0 aliphatic rings. The van der Waals surface area contributed by atoms with Crippen molar-refractivity contribution in [3.8, 4) is 6.07 Å². The molecule has 1 aromatic heterocycles. The summed E-state index contributed by atoms with van der Waals surface area (Å²) in [5.74, 6) is 0.0925. The maximum Gasteiger partial charge on any atom is 0.107 e. The Morgan fingerprint density at radius 1 is 1.71 bits per heavy atom. The first-order valence-electron chi connectivity index (χ1n) is 4.76. The highest BCUT2D eigenvalue weighted by Crippen LogP contribution is 2.09. The van der Waals surface area contributed by atoms with E-state index in [1.54, 1.807) is 11.3 Å². The minimum absolute atomic E-state index is 0.0925. The number of thiazole rings is 1. The minimum atomic E-state index is 0.0925. The van der Waals surface area contributed by atoms with Crippen molar-refractivity contribution in [1.29, 1.82) is 5.26 Å². The van der Waals surface area contributed by atoms with Gasteiger partial charge in [-0.15, -0.1) is 11.3 Å². The second kappa shape index (κ2) is 5.74. The van der Waals surface area contributed by atoms with E-state index in [0.29, 0.717) is 0 Å². The fourth-order valence-electron chi connectivity index (χ4n) is 1.26. The van der Waals surface area contributed by atoms with Gasteiger partial charge in [-0.1, -0.05) is 6.92 Å². The molecule has 0 aliphatic carbocycles. The fourth-order valence-corrected chi connectivity index (χ4v) is 1.91. The average molecular weight is 209 g/mol. The van der Waals surface area contributed by atoms with E-state index in [9.17, 15) is 0 Å². The number of hydrogen-bond acceptors (Lipinski definition) is 4. The van der Waals surface area contributed by atoms with Crippen LogP contribution in [0.2, 0.25) is 0 Å². The van der Waals surface area contributed by atoms with Crippen molar-refractivity contribution in [2.24, 2.45) is 5.92 Å². The second-order valence-electron chi connectivity index (χ2n) is 3.28. The molecule has 0 bridgehead atoms. The molecule has 76 valence electrons. The number of nitrogens with zero attached hydrogens (tertiary/aromatic N) is 3. The standard InChI is InChI=1S/C10H15N3S/c1-3-13(7-9(2)6-11)8-10-12-4-5-14-10/h4-5,9H,3,7-8H2,1-2H3. The van der Waals surface area contributed by atoms with Gasteiger partial charge in [0.2, 0.25) is 0 Å². The Kier molecular flexibility index (Phi) is 4.57. The third kappa shape index (κ3) is 3.44. The second-order valence-corrected chi connectivity index (χ2v) is 4.26. The minimum Gasteiger partial charge on any atom is -0.296 e. The van der Waals surface area contributed by atoms with E-state index in [0.717, 1.165) is 24.6 Å². The van der Waals surface area contributed by atoms with Gasteiger partial charge < -0.3 is 0 Å². The van der Waals surface area contributed by atoms with Crippen LogP contribution in [-0.4, -0.2) is 23.0 Å². The molecule has 0 aromatic carbocycles. The lowest BCUT2D eigenvalue weighted by atomic mass is 10.2. The summed E-state index contributed by atoms with van der Waals surface area (Å²) in [6, 6.07) is 2.25. The molecule has 0 fully saturated rings. The van der Waals surface area contributed by atoms with Crippen molar-refractivity contribution in [2.45, 2.75) is 20.4 Å². The molecule has 14 heavy (non-hydrogen) atoms. The van der Waals surface area contributed by atoms with E-state index in [-0.39, 0.29) is 5.92 Å². The summed E-state index contributed by atoms with van der Waals surface area (Å²) >= 11 is 1.67. The van der Waals surface area contributed by atoms with Crippen LogP contribution in [0.25, 0.3) is 0 Å². The number of hydrogen-bond donors (Lipinski definition) is 0. The Balaban J connectivity index is 2.44. The van der Waals surface area contributed by atoms with Crippen LogP contribution in [0.1, 0.15) is 18.9 Å². The Hall–Kier alpha value is -0.920. The third-order valence-electron chi connectivity index (χ3n) is 2.04. The Morgan fingerprint density at radius 3 is 3.00 bits per heavy atom. The van der Waals surface area contributed by atoms with Gasteiger partial charge in [0.1, 0.15) is 5.01 Å². The van der Waals surface area contributed by atoms with Crippen LogP contribution < -0.4 is 0 Å². The van der Waals surface area contributed by atoms with Crippen molar-refractivity contribution in [3.63, 3.8) is 0 Å². The van der Waals surface area contributed by atoms with Crippen LogP contribution in [0.5, 0.6) is 0 Å². The lowest BCUT2D eigenvalue weighted by Crippen LogP contribution is -2.27. The van der Waals surface area contributed by atoms with Crippen molar-refractivity contribution >= 4 is 11.3 Å². The van der Waals surface area contributed by atoms with Crippen LogP contribution in [-0.2, 0) is 6.54 Å². The quantitative estimate of drug-likeness (QED) is 0.745. The van der Waals surface area contributed by atoms with E-state index in [4.69, 9.17) is 5.26 Å². The van der Waals surface area contributed by atoms with E-state index in [2.05, 4.69) is 22.9 Å². The molecular formula is C10H15N3S. The first-order valence-corrected chi connectivity index (χ1v) is 5.64. The lowest BCUT2D eigenvalue weighted by molar-refractivity contribution is 0.260. The molecule has 1 rings (SSSR count). The van der Waals surface area contributed by atoms with Crippen LogP contribution in [0, 0.1) is 17.2 Å². The lowest BCUT2D eigenvalue weighted by Gasteiger charge is -2.19. The largest absolute Gasteiger partial charge is 0.296 e. The third-order valence-corrected chi connectivity index (χ3v) is 2.81. The summed E-state index contributed by atoms with van der Waals surface area (Å²) in [6.45, 7) is 6.71. The Bertz CT molecular complexity index is 289. The molecule has 1 atom stereocenters. The van der Waals surface area contributed by atoms with E-state index >= 15 is 0 Å². The molecule has 4 heteroatoms. The van der Waals surface area contributed by atoms with Crippen LogP contribution >= 0.6 is 11.3 Å². The van der Waals surface area contributed by atoms with Gasteiger partial charge in [0, 0.05) is 18.1 Å². The number of aromatic nitrogens is 1. The zero-order valence-electron chi connectivity index (χ0n) is 8.60. The van der Waals surface area contributed by atoms with E-state index in [1.807, 2.05) is 18.5 Å². The molecule has 0 amide bonds. The molecule has 1 aromatic rings. The maximum atomic E-state index is 8.72. The monoisotopic (exact) mass is 209 g/mol. The molecule has 0 spiro atoms. The predicted molar refractivity (Wildman–Crippen MR) is 57.8 cm³/mol. The van der Waals surface area contributed by atoms with E-state index in [1.165, 1.54) is 0 Å². The van der Waals surface area contributed by atoms with Crippen molar-refractivity contribution in [1.82, 2.24) is 9.88 Å². The van der Waals surface area contributed by atoms with Crippen molar-refractivity contribution in [2.75, 3.05) is 13.1 Å². The summed E-state index contributed by atoms with van der Waals surface area (Å²) in [7, 11) is 0. The molecule has 3 nitrogen and oxygen atoms in total. The Labute approximate surface area is 89.0 Å². The first kappa shape index (κ1) is 11.2. The molecule has 0 saturated carbocycles. The van der Waals surface area contributed by atoms with Crippen LogP contribution in [0.4, 0.5) is 0 Å². The molecule has 0 N–H and O–H groups in total. The number of rotatable bonds is 5. The normalized spacial score (nSPS) is 12.7.